The van der Waals surface area contributed by atoms with Gasteiger partial charge in [-0.05, 0) is 17.5 Å². The van der Waals surface area contributed by atoms with Gasteiger partial charge in [-0.15, -0.1) is 0 Å². The van der Waals surface area contributed by atoms with Crippen LogP contribution in [0.5, 0.6) is 0 Å². The Morgan fingerprint density at radius 1 is 1.00 bits per heavy atom. The second-order valence-electron chi connectivity index (χ2n) is 5.01. The highest BCUT2D eigenvalue weighted by molar-refractivity contribution is 5.79. The number of hydrogen-bond donors (Lipinski definition) is 2. The number of guanidine groups is 1. The number of nitrogens with one attached hydrogen (secondary N) is 2. The first-order valence-electron chi connectivity index (χ1n) is 7.88. The molecule has 0 atom stereocenters. The summed E-state index contributed by atoms with van der Waals surface area (Å²) < 4.78 is 15.6. The fraction of sp³-hybridized carbons (Fsp3) is 0.588. The second kappa shape index (κ2) is 12.9. The topological polar surface area (TPSA) is 64.1 Å². The summed E-state index contributed by atoms with van der Waals surface area (Å²) in [5.74, 6) is 0.786. The Morgan fingerprint density at radius 3 is 2.48 bits per heavy atom. The highest BCUT2D eigenvalue weighted by Gasteiger charge is 2.03. The third-order valence-corrected chi connectivity index (χ3v) is 3.28. The van der Waals surface area contributed by atoms with Gasteiger partial charge in [0.15, 0.2) is 5.96 Å². The summed E-state index contributed by atoms with van der Waals surface area (Å²) in [6, 6.07) is 8.23. The Bertz CT molecular complexity index is 452. The lowest BCUT2D eigenvalue weighted by molar-refractivity contribution is 0.0698. The smallest absolute Gasteiger partial charge is 0.191 e. The Morgan fingerprint density at radius 2 is 1.78 bits per heavy atom. The molecule has 0 aliphatic heterocycles. The van der Waals surface area contributed by atoms with E-state index in [9.17, 15) is 0 Å². The predicted molar refractivity (Wildman–Crippen MR) is 92.7 cm³/mol. The number of aliphatic imine (C=N–C) groups is 1. The molecular weight excluding hydrogens is 294 g/mol. The van der Waals surface area contributed by atoms with Gasteiger partial charge in [-0.1, -0.05) is 24.3 Å². The first-order chi connectivity index (χ1) is 11.3. The third kappa shape index (κ3) is 8.54. The van der Waals surface area contributed by atoms with Crippen LogP contribution in [0.25, 0.3) is 0 Å². The minimum absolute atomic E-state index is 0.614. The van der Waals surface area contributed by atoms with E-state index < -0.39 is 0 Å². The molecule has 130 valence electrons. The van der Waals surface area contributed by atoms with Crippen LogP contribution in [0.15, 0.2) is 29.3 Å². The van der Waals surface area contributed by atoms with Crippen molar-refractivity contribution in [3.63, 3.8) is 0 Å². The van der Waals surface area contributed by atoms with Gasteiger partial charge in [-0.25, -0.2) is 0 Å². The van der Waals surface area contributed by atoms with Crippen molar-refractivity contribution < 1.29 is 14.2 Å². The van der Waals surface area contributed by atoms with Crippen LogP contribution in [0.4, 0.5) is 0 Å². The quantitative estimate of drug-likeness (QED) is 0.367. The van der Waals surface area contributed by atoms with Crippen LogP contribution in [0.1, 0.15) is 17.5 Å². The molecule has 0 aliphatic rings. The maximum absolute atomic E-state index is 5.42. The Hall–Kier alpha value is -1.63. The fourth-order valence-corrected chi connectivity index (χ4v) is 2.05. The molecule has 1 rings (SSSR count). The zero-order valence-electron chi connectivity index (χ0n) is 14.4. The maximum atomic E-state index is 5.42. The first kappa shape index (κ1) is 19.4. The van der Waals surface area contributed by atoms with Crippen molar-refractivity contribution in [1.29, 1.82) is 0 Å². The van der Waals surface area contributed by atoms with Gasteiger partial charge < -0.3 is 24.8 Å². The van der Waals surface area contributed by atoms with E-state index in [1.54, 1.807) is 21.3 Å². The second-order valence-corrected chi connectivity index (χ2v) is 5.01. The molecule has 0 unspecified atom stereocenters. The molecule has 0 saturated carbocycles. The van der Waals surface area contributed by atoms with Crippen molar-refractivity contribution in [2.75, 3.05) is 47.6 Å². The normalized spacial score (nSPS) is 11.5. The molecule has 0 bridgehead atoms. The van der Waals surface area contributed by atoms with Crippen molar-refractivity contribution in [2.45, 2.75) is 19.6 Å². The summed E-state index contributed by atoms with van der Waals surface area (Å²) in [7, 11) is 5.15. The van der Waals surface area contributed by atoms with Crippen LogP contribution < -0.4 is 10.6 Å². The molecule has 0 radical (unpaired) electrons. The average Bonchev–Trinajstić information content (AvgIpc) is 2.58. The lowest BCUT2D eigenvalue weighted by Gasteiger charge is -2.14. The van der Waals surface area contributed by atoms with Crippen LogP contribution in [-0.2, 0) is 27.4 Å². The van der Waals surface area contributed by atoms with Crippen molar-refractivity contribution >= 4 is 5.96 Å². The lowest BCUT2D eigenvalue weighted by atomic mass is 10.1. The third-order valence-electron chi connectivity index (χ3n) is 3.28. The molecule has 0 aromatic heterocycles. The fourth-order valence-electron chi connectivity index (χ4n) is 2.05. The number of hydrogen-bond acceptors (Lipinski definition) is 4. The van der Waals surface area contributed by atoms with E-state index in [0.29, 0.717) is 33.0 Å². The average molecular weight is 323 g/mol. The summed E-state index contributed by atoms with van der Waals surface area (Å²) in [6.45, 7) is 4.12. The van der Waals surface area contributed by atoms with E-state index in [1.807, 2.05) is 12.1 Å². The van der Waals surface area contributed by atoms with Crippen molar-refractivity contribution in [2.24, 2.45) is 4.99 Å². The van der Waals surface area contributed by atoms with Gasteiger partial charge in [-0.2, -0.15) is 0 Å². The minimum Gasteiger partial charge on any atom is -0.382 e. The summed E-state index contributed by atoms with van der Waals surface area (Å²) in [5, 5.41) is 6.60. The molecule has 0 amide bonds. The monoisotopic (exact) mass is 323 g/mol. The van der Waals surface area contributed by atoms with Crippen LogP contribution in [0, 0.1) is 0 Å². The van der Waals surface area contributed by atoms with Gasteiger partial charge >= 0.3 is 0 Å². The van der Waals surface area contributed by atoms with Crippen LogP contribution in [0.2, 0.25) is 0 Å². The number of nitrogens with zero attached hydrogens (tertiary/aromatic N) is 1. The standard InChI is InChI=1S/C17H29N3O3/c1-18-17(19-9-6-10-23-12-11-21-2)20-13-15-7-4-5-8-16(15)14-22-3/h4-5,7-8H,6,9-14H2,1-3H3,(H2,18,19,20). The molecule has 1 aromatic rings. The first-order valence-corrected chi connectivity index (χ1v) is 7.88. The van der Waals surface area contributed by atoms with Crippen molar-refractivity contribution in [3.8, 4) is 0 Å². The number of benzene rings is 1. The Labute approximate surface area is 139 Å². The van der Waals surface area contributed by atoms with Crippen LogP contribution in [-0.4, -0.2) is 53.6 Å². The van der Waals surface area contributed by atoms with E-state index in [0.717, 1.165) is 18.9 Å². The molecule has 0 saturated heterocycles. The highest BCUT2D eigenvalue weighted by Crippen LogP contribution is 2.09. The molecule has 1 aromatic carbocycles. The molecule has 2 N–H and O–H groups in total. The molecular formula is C17H29N3O3. The van der Waals surface area contributed by atoms with E-state index >= 15 is 0 Å². The molecule has 0 aliphatic carbocycles. The summed E-state index contributed by atoms with van der Waals surface area (Å²) >= 11 is 0. The number of methoxy groups -OCH3 is 2. The SMILES string of the molecule is CN=C(NCCCOCCOC)NCc1ccccc1COC. The van der Waals surface area contributed by atoms with E-state index in [4.69, 9.17) is 14.2 Å². The van der Waals surface area contributed by atoms with E-state index in [-0.39, 0.29) is 0 Å². The van der Waals surface area contributed by atoms with Crippen molar-refractivity contribution in [1.82, 2.24) is 10.6 Å². The predicted octanol–water partition coefficient (Wildman–Crippen LogP) is 1.55. The molecule has 0 fully saturated rings. The molecule has 0 spiro atoms. The highest BCUT2D eigenvalue weighted by atomic mass is 16.5. The minimum atomic E-state index is 0.614. The number of ether oxygens (including phenoxy) is 3. The lowest BCUT2D eigenvalue weighted by Crippen LogP contribution is -2.37. The zero-order chi connectivity index (χ0) is 16.8. The van der Waals surface area contributed by atoms with E-state index in [2.05, 4.69) is 27.8 Å². The van der Waals surface area contributed by atoms with Crippen molar-refractivity contribution in [3.05, 3.63) is 35.4 Å². The largest absolute Gasteiger partial charge is 0.382 e. The molecule has 6 nitrogen and oxygen atoms in total. The van der Waals surface area contributed by atoms with Gasteiger partial charge in [0.1, 0.15) is 0 Å². The van der Waals surface area contributed by atoms with Crippen LogP contribution >= 0.6 is 0 Å². The molecule has 6 heteroatoms. The Balaban J connectivity index is 2.26. The van der Waals surface area contributed by atoms with Crippen LogP contribution in [0.3, 0.4) is 0 Å². The van der Waals surface area contributed by atoms with Gasteiger partial charge in [0.2, 0.25) is 0 Å². The summed E-state index contributed by atoms with van der Waals surface area (Å²) in [4.78, 5) is 4.23. The van der Waals surface area contributed by atoms with Gasteiger partial charge in [0, 0.05) is 41.0 Å². The van der Waals surface area contributed by atoms with Gasteiger partial charge in [0.05, 0.1) is 19.8 Å². The number of rotatable bonds is 11. The van der Waals surface area contributed by atoms with Gasteiger partial charge in [-0.3, -0.25) is 4.99 Å². The molecule has 0 heterocycles. The summed E-state index contributed by atoms with van der Waals surface area (Å²) in [5.41, 5.74) is 2.39. The summed E-state index contributed by atoms with van der Waals surface area (Å²) in [6.07, 6.45) is 0.921. The zero-order valence-corrected chi connectivity index (χ0v) is 14.4. The van der Waals surface area contributed by atoms with E-state index in [1.165, 1.54) is 11.1 Å². The maximum Gasteiger partial charge on any atom is 0.191 e. The molecule has 23 heavy (non-hydrogen) atoms. The Kier molecular flexibility index (Phi) is 10.9. The van der Waals surface area contributed by atoms with Gasteiger partial charge in [0.25, 0.3) is 0 Å².